The molecule has 17 nitrogen and oxygen atoms in total. The molecule has 0 unspecified atom stereocenters. The van der Waals surface area contributed by atoms with E-state index in [9.17, 15) is 51.1 Å². The number of aromatic hydroxyl groups is 3. The molecular formula is C29H35O17+. The van der Waals surface area contributed by atoms with Crippen LogP contribution in [0.3, 0.4) is 0 Å². The molecule has 0 radical (unpaired) electrons. The Morgan fingerprint density at radius 2 is 1.28 bits per heavy atom. The van der Waals surface area contributed by atoms with Crippen molar-refractivity contribution in [3.63, 3.8) is 0 Å². The van der Waals surface area contributed by atoms with Crippen molar-refractivity contribution in [3.05, 3.63) is 30.3 Å². The number of rotatable bonds is 9. The molecule has 0 spiro atoms. The molecule has 3 heterocycles. The molecule has 2 aliphatic rings. The van der Waals surface area contributed by atoms with E-state index < -0.39 is 80.4 Å². The van der Waals surface area contributed by atoms with Gasteiger partial charge in [-0.05, 0) is 0 Å². The minimum atomic E-state index is -1.90. The molecule has 17 heteroatoms. The molecule has 2 fully saturated rings. The molecule has 0 aliphatic carbocycles. The Labute approximate surface area is 260 Å². The number of benzene rings is 2. The van der Waals surface area contributed by atoms with Crippen molar-refractivity contribution < 1.29 is 83.9 Å². The zero-order chi connectivity index (χ0) is 33.4. The smallest absolute Gasteiger partial charge is 0.402 e. The second-order valence-corrected chi connectivity index (χ2v) is 10.7. The van der Waals surface area contributed by atoms with E-state index in [2.05, 4.69) is 0 Å². The first-order chi connectivity index (χ1) is 21.9. The highest BCUT2D eigenvalue weighted by atomic mass is 16.8. The first-order valence-corrected chi connectivity index (χ1v) is 14.0. The Bertz CT molecular complexity index is 1510. The van der Waals surface area contributed by atoms with Crippen LogP contribution in [0, 0.1) is 0 Å². The summed E-state index contributed by atoms with van der Waals surface area (Å²) < 4.78 is 39.5. The molecule has 2 saturated heterocycles. The van der Waals surface area contributed by atoms with Crippen molar-refractivity contribution in [2.24, 2.45) is 0 Å². The Kier molecular flexibility index (Phi) is 9.89. The average molecular weight is 656 g/mol. The van der Waals surface area contributed by atoms with Gasteiger partial charge in [-0.3, -0.25) is 0 Å². The summed E-state index contributed by atoms with van der Waals surface area (Å²) in [6.07, 6.45) is -17.1. The lowest BCUT2D eigenvalue weighted by atomic mass is 9.97. The van der Waals surface area contributed by atoms with Gasteiger partial charge < -0.3 is 79.5 Å². The van der Waals surface area contributed by atoms with E-state index in [4.69, 9.17) is 32.8 Å². The van der Waals surface area contributed by atoms with Crippen LogP contribution in [0.2, 0.25) is 0 Å². The third-order valence-electron chi connectivity index (χ3n) is 7.77. The Morgan fingerprint density at radius 1 is 0.696 bits per heavy atom. The maximum atomic E-state index is 11.0. The zero-order valence-electron chi connectivity index (χ0n) is 24.4. The van der Waals surface area contributed by atoms with Gasteiger partial charge in [0.2, 0.25) is 17.8 Å². The highest BCUT2D eigenvalue weighted by Crippen LogP contribution is 2.45. The van der Waals surface area contributed by atoms with Crippen LogP contribution >= 0.6 is 0 Å². The van der Waals surface area contributed by atoms with E-state index in [1.54, 1.807) is 0 Å². The average Bonchev–Trinajstić information content (AvgIpc) is 3.04. The fourth-order valence-corrected chi connectivity index (χ4v) is 5.25. The summed E-state index contributed by atoms with van der Waals surface area (Å²) in [5.74, 6) is -1.49. The summed E-state index contributed by atoms with van der Waals surface area (Å²) in [6.45, 7) is -1.56. The molecule has 252 valence electrons. The van der Waals surface area contributed by atoms with Crippen LogP contribution in [0.25, 0.3) is 22.3 Å². The van der Waals surface area contributed by atoms with Gasteiger partial charge in [-0.2, -0.15) is 0 Å². The molecule has 5 rings (SSSR count). The van der Waals surface area contributed by atoms with Gasteiger partial charge in [-0.25, -0.2) is 4.42 Å². The van der Waals surface area contributed by atoms with Crippen LogP contribution in [0.4, 0.5) is 0 Å². The van der Waals surface area contributed by atoms with Crippen LogP contribution < -0.4 is 14.2 Å². The van der Waals surface area contributed by atoms with Gasteiger partial charge in [0.05, 0.1) is 39.1 Å². The molecule has 0 amide bonds. The molecular weight excluding hydrogens is 620 g/mol. The number of aliphatic hydroxyl groups excluding tert-OH is 7. The van der Waals surface area contributed by atoms with Crippen LogP contribution in [-0.4, -0.2) is 140 Å². The highest BCUT2D eigenvalue weighted by molar-refractivity contribution is 5.88. The van der Waals surface area contributed by atoms with Gasteiger partial charge in [0.25, 0.3) is 0 Å². The molecule has 1 aromatic heterocycles. The molecule has 0 bridgehead atoms. The molecule has 2 aromatic carbocycles. The topological polar surface area (TPSA) is 269 Å². The van der Waals surface area contributed by atoms with Crippen molar-refractivity contribution in [1.82, 2.24) is 0 Å². The van der Waals surface area contributed by atoms with E-state index >= 15 is 0 Å². The van der Waals surface area contributed by atoms with Gasteiger partial charge in [0.1, 0.15) is 59.6 Å². The van der Waals surface area contributed by atoms with E-state index in [1.807, 2.05) is 0 Å². The number of methoxy groups -OCH3 is 2. The number of phenolic OH excluding ortho intramolecular Hbond substituents is 3. The maximum absolute atomic E-state index is 11.0. The number of hydrogen-bond acceptors (Lipinski definition) is 16. The van der Waals surface area contributed by atoms with E-state index in [0.29, 0.717) is 0 Å². The van der Waals surface area contributed by atoms with Crippen LogP contribution in [0.1, 0.15) is 0 Å². The van der Waals surface area contributed by atoms with Gasteiger partial charge in [0, 0.05) is 24.3 Å². The van der Waals surface area contributed by atoms with Crippen LogP contribution in [0.15, 0.2) is 34.7 Å². The molecule has 2 aliphatic heterocycles. The van der Waals surface area contributed by atoms with Crippen LogP contribution in [-0.2, 0) is 14.2 Å². The van der Waals surface area contributed by atoms with Crippen molar-refractivity contribution in [2.75, 3.05) is 27.4 Å². The summed E-state index contributed by atoms with van der Waals surface area (Å²) in [5, 5.41) is 103. The minimum absolute atomic E-state index is 0.0202. The van der Waals surface area contributed by atoms with Crippen molar-refractivity contribution in [1.29, 1.82) is 0 Å². The minimum Gasteiger partial charge on any atom is -0.507 e. The third-order valence-corrected chi connectivity index (χ3v) is 7.77. The normalized spacial score (nSPS) is 31.5. The number of ether oxygens (including phenoxy) is 6. The fourth-order valence-electron chi connectivity index (χ4n) is 5.25. The number of phenols is 3. The number of aliphatic hydroxyl groups is 7. The Hall–Kier alpha value is -3.75. The Balaban J connectivity index is 1.61. The predicted molar refractivity (Wildman–Crippen MR) is 151 cm³/mol. The molecule has 0 saturated carbocycles. The molecule has 46 heavy (non-hydrogen) atoms. The van der Waals surface area contributed by atoms with Gasteiger partial charge in [-0.1, -0.05) is 0 Å². The Morgan fingerprint density at radius 3 is 1.87 bits per heavy atom. The highest BCUT2D eigenvalue weighted by Gasteiger charge is 2.52. The maximum Gasteiger partial charge on any atom is 0.402 e. The zero-order valence-corrected chi connectivity index (χ0v) is 24.4. The molecule has 10 atom stereocenters. The van der Waals surface area contributed by atoms with E-state index in [1.165, 1.54) is 38.5 Å². The largest absolute Gasteiger partial charge is 0.507 e. The van der Waals surface area contributed by atoms with Gasteiger partial charge in [-0.15, -0.1) is 0 Å². The lowest BCUT2D eigenvalue weighted by Crippen LogP contribution is -2.65. The second-order valence-electron chi connectivity index (χ2n) is 10.7. The number of hydrogen-bond donors (Lipinski definition) is 10. The second kappa shape index (κ2) is 13.5. The van der Waals surface area contributed by atoms with E-state index in [0.717, 1.165) is 6.07 Å². The van der Waals surface area contributed by atoms with Gasteiger partial charge >= 0.3 is 11.3 Å². The lowest BCUT2D eigenvalue weighted by Gasteiger charge is -2.45. The third kappa shape index (κ3) is 6.17. The predicted octanol–water partition coefficient (Wildman–Crippen LogP) is -1.48. The van der Waals surface area contributed by atoms with Crippen LogP contribution in [0.5, 0.6) is 34.5 Å². The van der Waals surface area contributed by atoms with Crippen molar-refractivity contribution >= 4 is 11.0 Å². The summed E-state index contributed by atoms with van der Waals surface area (Å²) in [4.78, 5) is 0. The van der Waals surface area contributed by atoms with Crippen molar-refractivity contribution in [2.45, 2.75) is 61.4 Å². The summed E-state index contributed by atoms with van der Waals surface area (Å²) in [6, 6.07) is 6.25. The lowest BCUT2D eigenvalue weighted by molar-refractivity contribution is -0.357. The van der Waals surface area contributed by atoms with E-state index in [-0.39, 0.29) is 51.0 Å². The van der Waals surface area contributed by atoms with Gasteiger partial charge in [0.15, 0.2) is 23.9 Å². The summed E-state index contributed by atoms with van der Waals surface area (Å²) >= 11 is 0. The SMILES string of the molecule is COc1cc(-c2[o+]c3cc(O)cc(O)c3cc2O[C@@H]2O[C@H](CO)[C@@H](O)[C@H](O)[C@H]2O[C@@H]2O[C@H](CO)[C@@H](O)[C@H](O)[C@H]2O)cc(OC)c1O. The summed E-state index contributed by atoms with van der Waals surface area (Å²) in [5.41, 5.74) is 0.154. The molecule has 10 N–H and O–H groups in total. The number of fused-ring (bicyclic) bond motifs is 1. The van der Waals surface area contributed by atoms with Crippen molar-refractivity contribution in [3.8, 4) is 45.8 Å². The standard InChI is InChI=1S/C29H34O17/c1-40-15-3-10(4-16(41-2)20(15)34)26-17(7-12-13(33)5-11(32)6-14(12)42-26)43-29-27(24(38)22(36)19(9-31)45-29)46-28-25(39)23(37)21(35)18(8-30)44-28/h3-7,18-19,21-25,27-31,35-39H,8-9H2,1-2H3,(H2-,32,33,34)/p+1/t18-,19-,21-,22-,23+,24+,25-,27-,28+,29-/m1/s1. The first-order valence-electron chi connectivity index (χ1n) is 14.0. The quantitative estimate of drug-likeness (QED) is 0.118. The monoisotopic (exact) mass is 655 g/mol. The fraction of sp³-hybridized carbons (Fsp3) is 0.483. The summed E-state index contributed by atoms with van der Waals surface area (Å²) in [7, 11) is 2.59. The molecule has 3 aromatic rings. The first kappa shape index (κ1) is 33.6.